The third-order valence-corrected chi connectivity index (χ3v) is 5.40. The zero-order valence-electron chi connectivity index (χ0n) is 14.1. The molecule has 0 bridgehead atoms. The lowest BCUT2D eigenvalue weighted by Crippen LogP contribution is -2.16. The van der Waals surface area contributed by atoms with Crippen LogP contribution in [0, 0.1) is 0 Å². The highest BCUT2D eigenvalue weighted by molar-refractivity contribution is 7.17. The van der Waals surface area contributed by atoms with E-state index in [9.17, 15) is 4.79 Å². The lowest BCUT2D eigenvalue weighted by Gasteiger charge is -2.02. The van der Waals surface area contributed by atoms with E-state index in [0.717, 1.165) is 23.3 Å². The van der Waals surface area contributed by atoms with Gasteiger partial charge >= 0.3 is 0 Å². The lowest BCUT2D eigenvalue weighted by atomic mass is 10.1. The first-order valence-corrected chi connectivity index (χ1v) is 9.16. The minimum Gasteiger partial charge on any atom is -0.317 e. The van der Waals surface area contributed by atoms with Crippen LogP contribution < -0.4 is 4.80 Å². The van der Waals surface area contributed by atoms with Crippen molar-refractivity contribution in [2.24, 2.45) is 4.99 Å². The summed E-state index contributed by atoms with van der Waals surface area (Å²) in [5, 5.41) is 6.64. The Morgan fingerprint density at radius 3 is 2.72 bits per heavy atom. The Bertz CT molecular complexity index is 1150. The second kappa shape index (κ2) is 6.29. The Hall–Kier alpha value is -2.73. The number of amides is 1. The Morgan fingerprint density at radius 2 is 1.96 bits per heavy atom. The number of aromatic nitrogens is 3. The first-order chi connectivity index (χ1) is 12.2. The van der Waals surface area contributed by atoms with E-state index < -0.39 is 0 Å². The van der Waals surface area contributed by atoms with Crippen LogP contribution in [0.2, 0.25) is 0 Å². The normalized spacial score (nSPS) is 12.3. The summed E-state index contributed by atoms with van der Waals surface area (Å²) < 4.78 is 4.97. The molecule has 25 heavy (non-hydrogen) atoms. The number of carbonyl (C=O) groups excluding carboxylic acids is 1. The first-order valence-electron chi connectivity index (χ1n) is 8.35. The molecule has 4 rings (SSSR count). The van der Waals surface area contributed by atoms with Crippen molar-refractivity contribution < 1.29 is 4.79 Å². The molecule has 4 aromatic rings. The van der Waals surface area contributed by atoms with Crippen LogP contribution in [0.1, 0.15) is 24.3 Å². The van der Waals surface area contributed by atoms with E-state index in [1.807, 2.05) is 19.1 Å². The van der Waals surface area contributed by atoms with Gasteiger partial charge in [0, 0.05) is 24.7 Å². The fourth-order valence-corrected chi connectivity index (χ4v) is 4.21. The molecule has 5 nitrogen and oxygen atoms in total. The molecule has 0 aliphatic carbocycles. The summed E-state index contributed by atoms with van der Waals surface area (Å²) in [5.41, 5.74) is 1.49. The summed E-state index contributed by atoms with van der Waals surface area (Å²) in [6.07, 6.45) is 1.80. The van der Waals surface area contributed by atoms with Crippen molar-refractivity contribution in [3.8, 4) is 0 Å². The number of carbonyl (C=O) groups is 1. The summed E-state index contributed by atoms with van der Waals surface area (Å²) >= 11 is 1.55. The predicted octanol–water partition coefficient (Wildman–Crippen LogP) is 3.83. The molecule has 0 aliphatic rings. The number of fused-ring (bicyclic) bond motifs is 3. The minimum absolute atomic E-state index is 0.301. The molecule has 0 N–H and O–H groups in total. The Balaban J connectivity index is 1.91. The van der Waals surface area contributed by atoms with E-state index in [0.29, 0.717) is 10.5 Å². The number of aryl methyl sites for hydroxylation is 2. The van der Waals surface area contributed by atoms with E-state index in [1.165, 1.54) is 10.8 Å². The molecule has 6 heteroatoms. The van der Waals surface area contributed by atoms with Gasteiger partial charge in [0.2, 0.25) is 0 Å². The second-order valence-corrected chi connectivity index (χ2v) is 6.71. The number of nitrogens with zero attached hydrogens (tertiary/aromatic N) is 4. The van der Waals surface area contributed by atoms with Crippen molar-refractivity contribution in [3.05, 3.63) is 59.2 Å². The lowest BCUT2D eigenvalue weighted by molar-refractivity contribution is 0.0992. The highest BCUT2D eigenvalue weighted by Gasteiger charge is 2.12. The second-order valence-electron chi connectivity index (χ2n) is 5.74. The van der Waals surface area contributed by atoms with E-state index in [-0.39, 0.29) is 5.91 Å². The van der Waals surface area contributed by atoms with Gasteiger partial charge in [-0.1, -0.05) is 41.7 Å². The van der Waals surface area contributed by atoms with Gasteiger partial charge in [0.05, 0.1) is 10.2 Å². The molecule has 0 radical (unpaired) electrons. The van der Waals surface area contributed by atoms with Crippen LogP contribution in [0.5, 0.6) is 0 Å². The topological polar surface area (TPSA) is 52.2 Å². The fraction of sp³-hybridized carbons (Fsp3) is 0.211. The molecule has 0 unspecified atom stereocenters. The molecule has 0 spiro atoms. The molecule has 2 heterocycles. The number of thiazole rings is 1. The van der Waals surface area contributed by atoms with Gasteiger partial charge in [-0.25, -0.2) is 0 Å². The first kappa shape index (κ1) is 15.8. The monoisotopic (exact) mass is 350 g/mol. The van der Waals surface area contributed by atoms with E-state index in [2.05, 4.69) is 45.8 Å². The predicted molar refractivity (Wildman–Crippen MR) is 101 cm³/mol. The summed E-state index contributed by atoms with van der Waals surface area (Å²) in [5.74, 6) is -0.301. The average Bonchev–Trinajstić information content (AvgIpc) is 3.25. The molecular formula is C19H18N4OS. The highest BCUT2D eigenvalue weighted by atomic mass is 32.1. The van der Waals surface area contributed by atoms with Crippen LogP contribution in [0.3, 0.4) is 0 Å². The highest BCUT2D eigenvalue weighted by Crippen LogP contribution is 2.27. The molecule has 0 saturated heterocycles. The minimum atomic E-state index is -0.301. The van der Waals surface area contributed by atoms with Gasteiger partial charge in [0.1, 0.15) is 0 Å². The number of benzene rings is 2. The third kappa shape index (κ3) is 2.68. The molecule has 2 aromatic heterocycles. The van der Waals surface area contributed by atoms with Crippen molar-refractivity contribution in [3.63, 3.8) is 0 Å². The third-order valence-electron chi connectivity index (χ3n) is 4.27. The van der Waals surface area contributed by atoms with E-state index in [4.69, 9.17) is 0 Å². The molecule has 0 fully saturated rings. The zero-order chi connectivity index (χ0) is 17.4. The van der Waals surface area contributed by atoms with Crippen LogP contribution >= 0.6 is 11.3 Å². The van der Waals surface area contributed by atoms with Gasteiger partial charge in [-0.3, -0.25) is 9.48 Å². The number of rotatable bonds is 3. The quantitative estimate of drug-likeness (QED) is 0.564. The zero-order valence-corrected chi connectivity index (χ0v) is 15.0. The summed E-state index contributed by atoms with van der Waals surface area (Å²) in [6, 6.07) is 14.2. The van der Waals surface area contributed by atoms with Crippen LogP contribution in [0.25, 0.3) is 21.0 Å². The van der Waals surface area contributed by atoms with Gasteiger partial charge in [0.25, 0.3) is 5.91 Å². The average molecular weight is 350 g/mol. The maximum absolute atomic E-state index is 12.5. The molecule has 0 atom stereocenters. The molecular weight excluding hydrogens is 332 g/mol. The Labute approximate surface area is 148 Å². The maximum atomic E-state index is 12.5. The fourth-order valence-electron chi connectivity index (χ4n) is 2.99. The van der Waals surface area contributed by atoms with Gasteiger partial charge in [-0.2, -0.15) is 10.1 Å². The summed E-state index contributed by atoms with van der Waals surface area (Å²) in [6.45, 7) is 5.54. The molecule has 1 amide bonds. The van der Waals surface area contributed by atoms with Crippen molar-refractivity contribution in [2.45, 2.75) is 26.9 Å². The van der Waals surface area contributed by atoms with Crippen LogP contribution in [-0.2, 0) is 13.1 Å². The molecule has 0 aliphatic heterocycles. The number of hydrogen-bond acceptors (Lipinski definition) is 3. The van der Waals surface area contributed by atoms with Crippen molar-refractivity contribution in [1.29, 1.82) is 0 Å². The SMILES string of the molecule is CCn1ccc(C(=O)N=c2sc3c4ccccc4ccc3n2CC)n1. The molecule has 0 saturated carbocycles. The largest absolute Gasteiger partial charge is 0.317 e. The standard InChI is InChI=1S/C19H18N4OS/c1-3-22-12-11-15(21-22)18(24)20-19-23(4-2)16-10-9-13-7-5-6-8-14(13)17(16)25-19/h5-12H,3-4H2,1-2H3. The van der Waals surface area contributed by atoms with E-state index >= 15 is 0 Å². The van der Waals surface area contributed by atoms with Crippen LogP contribution in [-0.4, -0.2) is 20.3 Å². The van der Waals surface area contributed by atoms with Gasteiger partial charge in [-0.05, 0) is 31.4 Å². The summed E-state index contributed by atoms with van der Waals surface area (Å²) in [4.78, 5) is 17.6. The van der Waals surface area contributed by atoms with Crippen molar-refractivity contribution >= 4 is 38.2 Å². The van der Waals surface area contributed by atoms with Crippen LogP contribution in [0.4, 0.5) is 0 Å². The smallest absolute Gasteiger partial charge is 0.300 e. The van der Waals surface area contributed by atoms with Gasteiger partial charge in [0.15, 0.2) is 10.5 Å². The van der Waals surface area contributed by atoms with Crippen LogP contribution in [0.15, 0.2) is 53.7 Å². The Kier molecular flexibility index (Phi) is 3.97. The van der Waals surface area contributed by atoms with Gasteiger partial charge < -0.3 is 4.57 Å². The maximum Gasteiger partial charge on any atom is 0.300 e. The molecule has 126 valence electrons. The number of hydrogen-bond donors (Lipinski definition) is 0. The van der Waals surface area contributed by atoms with Gasteiger partial charge in [-0.15, -0.1) is 0 Å². The van der Waals surface area contributed by atoms with E-state index in [1.54, 1.807) is 28.3 Å². The summed E-state index contributed by atoms with van der Waals surface area (Å²) in [7, 11) is 0. The molecule has 2 aromatic carbocycles. The van der Waals surface area contributed by atoms with Crippen molar-refractivity contribution in [2.75, 3.05) is 0 Å². The Morgan fingerprint density at radius 1 is 1.12 bits per heavy atom. The van der Waals surface area contributed by atoms with Crippen molar-refractivity contribution in [1.82, 2.24) is 14.3 Å².